The third kappa shape index (κ3) is 5.84. The monoisotopic (exact) mass is 129 g/mol. The van der Waals surface area contributed by atoms with Gasteiger partial charge in [-0.1, -0.05) is 20.3 Å². The van der Waals surface area contributed by atoms with Crippen LogP contribution in [-0.2, 0) is 0 Å². The van der Waals surface area contributed by atoms with E-state index in [9.17, 15) is 0 Å². The van der Waals surface area contributed by atoms with E-state index in [1.165, 1.54) is 19.3 Å². The number of rotatable bonds is 4. The Labute approximate surface area is 58.6 Å². The molecule has 0 unspecified atom stereocenters. The van der Waals surface area contributed by atoms with Crippen LogP contribution in [0.25, 0.3) is 0 Å². The molecule has 1 heteroatoms. The second kappa shape index (κ2) is 4.80. The van der Waals surface area contributed by atoms with E-state index in [0.717, 1.165) is 5.92 Å². The van der Waals surface area contributed by atoms with Gasteiger partial charge in [0, 0.05) is 6.04 Å². The van der Waals surface area contributed by atoms with Gasteiger partial charge in [0.2, 0.25) is 0 Å². The molecule has 0 radical (unpaired) electrons. The van der Waals surface area contributed by atoms with Crippen LogP contribution in [0.3, 0.4) is 0 Å². The highest BCUT2D eigenvalue weighted by molar-refractivity contribution is 4.56. The summed E-state index contributed by atoms with van der Waals surface area (Å²) in [4.78, 5) is 0. The number of hydrogen-bond donors (Lipinski definition) is 1. The largest absolute Gasteiger partial charge is 0.328 e. The van der Waals surface area contributed by atoms with Crippen molar-refractivity contribution in [3.05, 3.63) is 0 Å². The lowest BCUT2D eigenvalue weighted by atomic mass is 10.0. The fourth-order valence-electron chi connectivity index (χ4n) is 0.752. The standard InChI is InChI=1S/C8H19N/c1-4-7(2)5-6-8(3)9/h7-8H,4-6,9H2,1-3H3/t7-,8+/m0/s1. The molecular weight excluding hydrogens is 110 g/mol. The van der Waals surface area contributed by atoms with Gasteiger partial charge in [-0.05, 0) is 25.7 Å². The second-order valence-electron chi connectivity index (χ2n) is 3.07. The molecule has 0 aliphatic heterocycles. The van der Waals surface area contributed by atoms with Gasteiger partial charge in [0.05, 0.1) is 0 Å². The van der Waals surface area contributed by atoms with Crippen molar-refractivity contribution in [2.45, 2.75) is 46.1 Å². The highest BCUT2D eigenvalue weighted by Gasteiger charge is 1.99. The van der Waals surface area contributed by atoms with Gasteiger partial charge in [-0.3, -0.25) is 0 Å². The molecular formula is C8H19N. The Bertz CT molecular complexity index is 59.6. The van der Waals surface area contributed by atoms with Gasteiger partial charge >= 0.3 is 0 Å². The maximum atomic E-state index is 5.60. The zero-order valence-corrected chi connectivity index (χ0v) is 6.85. The van der Waals surface area contributed by atoms with Gasteiger partial charge in [0.15, 0.2) is 0 Å². The average Bonchev–Trinajstić information content (AvgIpc) is 1.83. The first-order valence-corrected chi connectivity index (χ1v) is 3.92. The summed E-state index contributed by atoms with van der Waals surface area (Å²) >= 11 is 0. The average molecular weight is 129 g/mol. The Morgan fingerprint density at radius 3 is 2.11 bits per heavy atom. The van der Waals surface area contributed by atoms with Crippen molar-refractivity contribution in [2.24, 2.45) is 11.7 Å². The molecule has 9 heavy (non-hydrogen) atoms. The van der Waals surface area contributed by atoms with Crippen molar-refractivity contribution in [2.75, 3.05) is 0 Å². The van der Waals surface area contributed by atoms with Gasteiger partial charge in [-0.25, -0.2) is 0 Å². The lowest BCUT2D eigenvalue weighted by Crippen LogP contribution is -2.15. The predicted octanol–water partition coefficient (Wildman–Crippen LogP) is 2.16. The molecule has 1 nitrogen and oxygen atoms in total. The zero-order valence-electron chi connectivity index (χ0n) is 6.85. The van der Waals surface area contributed by atoms with E-state index in [0.29, 0.717) is 6.04 Å². The molecule has 0 bridgehead atoms. The molecule has 0 aromatic carbocycles. The molecule has 0 saturated carbocycles. The molecule has 2 atom stereocenters. The Morgan fingerprint density at radius 2 is 1.78 bits per heavy atom. The second-order valence-corrected chi connectivity index (χ2v) is 3.07. The van der Waals surface area contributed by atoms with Crippen molar-refractivity contribution < 1.29 is 0 Å². The molecule has 0 aliphatic rings. The van der Waals surface area contributed by atoms with Crippen LogP contribution in [0.4, 0.5) is 0 Å². The fraction of sp³-hybridized carbons (Fsp3) is 1.00. The van der Waals surface area contributed by atoms with Gasteiger partial charge in [-0.15, -0.1) is 0 Å². The van der Waals surface area contributed by atoms with Crippen LogP contribution < -0.4 is 5.73 Å². The first-order valence-electron chi connectivity index (χ1n) is 3.92. The van der Waals surface area contributed by atoms with Crippen molar-refractivity contribution in [1.82, 2.24) is 0 Å². The molecule has 0 amide bonds. The van der Waals surface area contributed by atoms with Crippen molar-refractivity contribution in [3.63, 3.8) is 0 Å². The van der Waals surface area contributed by atoms with E-state index in [1.807, 2.05) is 0 Å². The van der Waals surface area contributed by atoms with Crippen LogP contribution in [0.1, 0.15) is 40.0 Å². The predicted molar refractivity (Wildman–Crippen MR) is 42.3 cm³/mol. The smallest absolute Gasteiger partial charge is 0.00105 e. The maximum Gasteiger partial charge on any atom is 0.00105 e. The fourth-order valence-corrected chi connectivity index (χ4v) is 0.752. The van der Waals surface area contributed by atoms with Crippen LogP contribution in [-0.4, -0.2) is 6.04 Å². The molecule has 0 heterocycles. The van der Waals surface area contributed by atoms with Crippen LogP contribution in [0.5, 0.6) is 0 Å². The first-order chi connectivity index (χ1) is 4.16. The van der Waals surface area contributed by atoms with Crippen LogP contribution in [0, 0.1) is 5.92 Å². The summed E-state index contributed by atoms with van der Waals surface area (Å²) in [7, 11) is 0. The van der Waals surface area contributed by atoms with E-state index in [4.69, 9.17) is 5.73 Å². The molecule has 0 aromatic rings. The van der Waals surface area contributed by atoms with Crippen LogP contribution in [0.15, 0.2) is 0 Å². The minimum atomic E-state index is 0.388. The Balaban J connectivity index is 3.06. The summed E-state index contributed by atoms with van der Waals surface area (Å²) in [5, 5.41) is 0. The van der Waals surface area contributed by atoms with E-state index in [1.54, 1.807) is 0 Å². The van der Waals surface area contributed by atoms with E-state index >= 15 is 0 Å². The maximum absolute atomic E-state index is 5.60. The van der Waals surface area contributed by atoms with E-state index in [-0.39, 0.29) is 0 Å². The third-order valence-corrected chi connectivity index (χ3v) is 1.81. The Hall–Kier alpha value is -0.0400. The normalized spacial score (nSPS) is 17.3. The minimum absolute atomic E-state index is 0.388. The molecule has 0 aromatic heterocycles. The highest BCUT2D eigenvalue weighted by atomic mass is 14.6. The SMILES string of the molecule is CC[C@H](C)CC[C@@H](C)N. The minimum Gasteiger partial charge on any atom is -0.328 e. The molecule has 0 spiro atoms. The Morgan fingerprint density at radius 1 is 1.22 bits per heavy atom. The van der Waals surface area contributed by atoms with Gasteiger partial charge < -0.3 is 5.73 Å². The molecule has 2 N–H and O–H groups in total. The number of hydrogen-bond acceptors (Lipinski definition) is 1. The van der Waals surface area contributed by atoms with Gasteiger partial charge in [-0.2, -0.15) is 0 Å². The summed E-state index contributed by atoms with van der Waals surface area (Å²) in [6.45, 7) is 6.58. The summed E-state index contributed by atoms with van der Waals surface area (Å²) in [5.74, 6) is 0.857. The lowest BCUT2D eigenvalue weighted by molar-refractivity contribution is 0.469. The first kappa shape index (κ1) is 8.96. The zero-order chi connectivity index (χ0) is 7.28. The van der Waals surface area contributed by atoms with Crippen LogP contribution in [0.2, 0.25) is 0 Å². The molecule has 0 aliphatic carbocycles. The Kier molecular flexibility index (Phi) is 4.78. The van der Waals surface area contributed by atoms with Crippen molar-refractivity contribution in [3.8, 4) is 0 Å². The van der Waals surface area contributed by atoms with E-state index in [2.05, 4.69) is 20.8 Å². The highest BCUT2D eigenvalue weighted by Crippen LogP contribution is 2.09. The molecule has 0 saturated heterocycles. The lowest BCUT2D eigenvalue weighted by Gasteiger charge is -2.09. The summed E-state index contributed by atoms with van der Waals surface area (Å²) in [5.41, 5.74) is 5.60. The van der Waals surface area contributed by atoms with Crippen LogP contribution >= 0.6 is 0 Å². The summed E-state index contributed by atoms with van der Waals surface area (Å²) in [6, 6.07) is 0.388. The van der Waals surface area contributed by atoms with Gasteiger partial charge in [0.1, 0.15) is 0 Å². The summed E-state index contributed by atoms with van der Waals surface area (Å²) < 4.78 is 0. The quantitative estimate of drug-likeness (QED) is 0.618. The third-order valence-electron chi connectivity index (χ3n) is 1.81. The molecule has 0 rings (SSSR count). The summed E-state index contributed by atoms with van der Waals surface area (Å²) in [6.07, 6.45) is 3.75. The topological polar surface area (TPSA) is 26.0 Å². The molecule has 56 valence electrons. The number of nitrogens with two attached hydrogens (primary N) is 1. The van der Waals surface area contributed by atoms with E-state index < -0.39 is 0 Å². The van der Waals surface area contributed by atoms with Crippen molar-refractivity contribution in [1.29, 1.82) is 0 Å². The van der Waals surface area contributed by atoms with Crippen molar-refractivity contribution >= 4 is 0 Å². The molecule has 0 fully saturated rings. The van der Waals surface area contributed by atoms with Gasteiger partial charge in [0.25, 0.3) is 0 Å².